The standard InChI is InChI=1S/C20H21N3O3/c1-2-17-12-23(20(24)25-13-14-6-4-3-5-7-14)11-16-8-15-10-21-22-18(15)9-19(16)26-17/h3-10,17H,2,11-13H2,1H3,(H,21,22)/t17-/m1/s1. The molecule has 0 aliphatic carbocycles. The average molecular weight is 351 g/mol. The fourth-order valence-corrected chi connectivity index (χ4v) is 3.15. The molecule has 26 heavy (non-hydrogen) atoms. The molecule has 4 rings (SSSR count). The smallest absolute Gasteiger partial charge is 0.410 e. The Balaban J connectivity index is 1.54. The van der Waals surface area contributed by atoms with Crippen LogP contribution in [0.5, 0.6) is 5.75 Å². The molecular formula is C20H21N3O3. The molecule has 1 aliphatic rings. The summed E-state index contributed by atoms with van der Waals surface area (Å²) in [6.07, 6.45) is 2.19. The van der Waals surface area contributed by atoms with Gasteiger partial charge in [0.15, 0.2) is 0 Å². The molecule has 1 atom stereocenters. The number of rotatable bonds is 3. The molecule has 0 spiro atoms. The molecule has 6 heteroatoms. The van der Waals surface area contributed by atoms with Crippen LogP contribution in [0.15, 0.2) is 48.7 Å². The van der Waals surface area contributed by atoms with E-state index in [1.807, 2.05) is 42.5 Å². The number of nitrogens with zero attached hydrogens (tertiary/aromatic N) is 2. The molecule has 1 aromatic heterocycles. The van der Waals surface area contributed by atoms with Crippen LogP contribution in [0.1, 0.15) is 24.5 Å². The topological polar surface area (TPSA) is 67.5 Å². The molecule has 2 aromatic carbocycles. The van der Waals surface area contributed by atoms with Gasteiger partial charge in [0.1, 0.15) is 18.5 Å². The van der Waals surface area contributed by atoms with Crippen LogP contribution < -0.4 is 4.74 Å². The number of H-pyrrole nitrogens is 1. The Morgan fingerprint density at radius 2 is 2.19 bits per heavy atom. The predicted molar refractivity (Wildman–Crippen MR) is 97.8 cm³/mol. The molecule has 0 saturated heterocycles. The minimum atomic E-state index is -0.323. The van der Waals surface area contributed by atoms with Crippen molar-refractivity contribution in [3.8, 4) is 5.75 Å². The van der Waals surface area contributed by atoms with Crippen LogP contribution in [-0.4, -0.2) is 33.8 Å². The van der Waals surface area contributed by atoms with Crippen LogP contribution in [0.3, 0.4) is 0 Å². The summed E-state index contributed by atoms with van der Waals surface area (Å²) in [4.78, 5) is 14.4. The van der Waals surface area contributed by atoms with E-state index >= 15 is 0 Å². The maximum absolute atomic E-state index is 12.6. The van der Waals surface area contributed by atoms with E-state index in [4.69, 9.17) is 9.47 Å². The molecule has 0 bridgehead atoms. The summed E-state index contributed by atoms with van der Waals surface area (Å²) < 4.78 is 11.6. The lowest BCUT2D eigenvalue weighted by Gasteiger charge is -2.22. The van der Waals surface area contributed by atoms with Gasteiger partial charge < -0.3 is 14.4 Å². The van der Waals surface area contributed by atoms with E-state index in [9.17, 15) is 4.79 Å². The largest absolute Gasteiger partial charge is 0.488 e. The van der Waals surface area contributed by atoms with Gasteiger partial charge in [-0.25, -0.2) is 4.79 Å². The number of hydrogen-bond donors (Lipinski definition) is 1. The maximum Gasteiger partial charge on any atom is 0.410 e. The number of aromatic amines is 1. The molecule has 3 aromatic rings. The Kier molecular flexibility index (Phi) is 4.48. The summed E-state index contributed by atoms with van der Waals surface area (Å²) in [6, 6.07) is 13.7. The molecule has 0 fully saturated rings. The number of aromatic nitrogens is 2. The van der Waals surface area contributed by atoms with Crippen molar-refractivity contribution >= 4 is 17.0 Å². The molecule has 1 amide bonds. The number of ether oxygens (including phenoxy) is 2. The lowest BCUT2D eigenvalue weighted by molar-refractivity contribution is 0.0786. The third-order valence-electron chi connectivity index (χ3n) is 4.62. The SMILES string of the molecule is CC[C@@H]1CN(C(=O)OCc2ccccc2)Cc2cc3cn[nH]c3cc2O1. The van der Waals surface area contributed by atoms with Crippen LogP contribution in [-0.2, 0) is 17.9 Å². The van der Waals surface area contributed by atoms with Gasteiger partial charge in [0, 0.05) is 17.0 Å². The summed E-state index contributed by atoms with van der Waals surface area (Å²) in [7, 11) is 0. The number of hydrogen-bond acceptors (Lipinski definition) is 4. The Labute approximate surface area is 151 Å². The van der Waals surface area contributed by atoms with E-state index in [0.717, 1.165) is 34.2 Å². The zero-order valence-corrected chi connectivity index (χ0v) is 14.6. The molecule has 6 nitrogen and oxygen atoms in total. The second kappa shape index (κ2) is 7.07. The van der Waals surface area contributed by atoms with E-state index in [-0.39, 0.29) is 18.8 Å². The van der Waals surface area contributed by atoms with Crippen LogP contribution >= 0.6 is 0 Å². The normalized spacial score (nSPS) is 16.7. The predicted octanol–water partition coefficient (Wildman–Crippen LogP) is 3.87. The highest BCUT2D eigenvalue weighted by molar-refractivity contribution is 5.81. The molecule has 1 aliphatic heterocycles. The second-order valence-electron chi connectivity index (χ2n) is 6.49. The van der Waals surface area contributed by atoms with Gasteiger partial charge in [-0.3, -0.25) is 5.10 Å². The maximum atomic E-state index is 12.6. The van der Waals surface area contributed by atoms with Crippen LogP contribution in [0.25, 0.3) is 10.9 Å². The summed E-state index contributed by atoms with van der Waals surface area (Å²) in [5.74, 6) is 0.798. The fourth-order valence-electron chi connectivity index (χ4n) is 3.15. The number of carbonyl (C=O) groups excluding carboxylic acids is 1. The number of benzene rings is 2. The van der Waals surface area contributed by atoms with Crippen molar-refractivity contribution in [3.05, 3.63) is 59.8 Å². The van der Waals surface area contributed by atoms with Gasteiger partial charge in [-0.2, -0.15) is 5.10 Å². The van der Waals surface area contributed by atoms with Gasteiger partial charge in [-0.15, -0.1) is 0 Å². The highest BCUT2D eigenvalue weighted by Crippen LogP contribution is 2.30. The van der Waals surface area contributed by atoms with Gasteiger partial charge in [0.05, 0.1) is 24.8 Å². The molecule has 2 heterocycles. The Morgan fingerprint density at radius 3 is 3.00 bits per heavy atom. The fraction of sp³-hybridized carbons (Fsp3) is 0.300. The van der Waals surface area contributed by atoms with Crippen molar-refractivity contribution in [3.63, 3.8) is 0 Å². The van der Waals surface area contributed by atoms with E-state index < -0.39 is 0 Å². The third-order valence-corrected chi connectivity index (χ3v) is 4.62. The van der Waals surface area contributed by atoms with Crippen molar-refractivity contribution in [2.75, 3.05) is 6.54 Å². The van der Waals surface area contributed by atoms with E-state index in [1.165, 1.54) is 0 Å². The molecule has 0 radical (unpaired) electrons. The summed E-state index contributed by atoms with van der Waals surface area (Å²) in [6.45, 7) is 3.28. The summed E-state index contributed by atoms with van der Waals surface area (Å²) in [5.41, 5.74) is 2.87. The van der Waals surface area contributed by atoms with Gasteiger partial charge in [-0.05, 0) is 18.1 Å². The number of carbonyl (C=O) groups is 1. The molecular weight excluding hydrogens is 330 g/mol. The average Bonchev–Trinajstić information content (AvgIpc) is 3.04. The lowest BCUT2D eigenvalue weighted by atomic mass is 10.1. The second-order valence-corrected chi connectivity index (χ2v) is 6.49. The number of fused-ring (bicyclic) bond motifs is 2. The van der Waals surface area contributed by atoms with Crippen molar-refractivity contribution in [2.45, 2.75) is 32.6 Å². The molecule has 1 N–H and O–H groups in total. The van der Waals surface area contributed by atoms with Gasteiger partial charge >= 0.3 is 6.09 Å². The first-order chi connectivity index (χ1) is 12.7. The Hall–Kier alpha value is -3.02. The van der Waals surface area contributed by atoms with Crippen LogP contribution in [0, 0.1) is 0 Å². The lowest BCUT2D eigenvalue weighted by Crippen LogP contribution is -2.37. The molecule has 0 saturated carbocycles. The van der Waals surface area contributed by atoms with Crippen LogP contribution in [0.2, 0.25) is 0 Å². The van der Waals surface area contributed by atoms with E-state index in [2.05, 4.69) is 17.1 Å². The first-order valence-electron chi connectivity index (χ1n) is 8.81. The minimum absolute atomic E-state index is 0.0686. The first kappa shape index (κ1) is 16.4. The summed E-state index contributed by atoms with van der Waals surface area (Å²) >= 11 is 0. The highest BCUT2D eigenvalue weighted by atomic mass is 16.6. The summed E-state index contributed by atoms with van der Waals surface area (Å²) in [5, 5.41) is 8.03. The first-order valence-corrected chi connectivity index (χ1v) is 8.81. The van der Waals surface area contributed by atoms with Gasteiger partial charge in [-0.1, -0.05) is 37.3 Å². The Morgan fingerprint density at radius 1 is 1.35 bits per heavy atom. The molecule has 134 valence electrons. The Bertz CT molecular complexity index is 907. The van der Waals surface area contributed by atoms with Crippen molar-refractivity contribution in [2.24, 2.45) is 0 Å². The quantitative estimate of drug-likeness (QED) is 0.778. The minimum Gasteiger partial charge on any atom is -0.488 e. The van der Waals surface area contributed by atoms with E-state index in [0.29, 0.717) is 13.1 Å². The van der Waals surface area contributed by atoms with Gasteiger partial charge in [0.25, 0.3) is 0 Å². The number of nitrogens with one attached hydrogen (secondary N) is 1. The van der Waals surface area contributed by atoms with E-state index in [1.54, 1.807) is 11.1 Å². The molecule has 0 unspecified atom stereocenters. The van der Waals surface area contributed by atoms with Gasteiger partial charge in [0.2, 0.25) is 0 Å². The van der Waals surface area contributed by atoms with Crippen LogP contribution in [0.4, 0.5) is 4.79 Å². The van der Waals surface area contributed by atoms with Crippen molar-refractivity contribution < 1.29 is 14.3 Å². The highest BCUT2D eigenvalue weighted by Gasteiger charge is 2.26. The zero-order chi connectivity index (χ0) is 17.9. The van der Waals surface area contributed by atoms with Crippen molar-refractivity contribution in [1.82, 2.24) is 15.1 Å². The van der Waals surface area contributed by atoms with Crippen molar-refractivity contribution in [1.29, 1.82) is 0 Å². The zero-order valence-electron chi connectivity index (χ0n) is 14.6. The number of amides is 1. The third kappa shape index (κ3) is 3.35. The monoisotopic (exact) mass is 351 g/mol.